The number of benzene rings is 1. The summed E-state index contributed by atoms with van der Waals surface area (Å²) in [6.45, 7) is 1.27. The molecule has 0 aliphatic heterocycles. The van der Waals surface area contributed by atoms with Crippen molar-refractivity contribution in [3.8, 4) is 5.75 Å². The van der Waals surface area contributed by atoms with Crippen LogP contribution >= 0.6 is 0 Å². The van der Waals surface area contributed by atoms with Gasteiger partial charge in [0.05, 0.1) is 6.54 Å². The van der Waals surface area contributed by atoms with Gasteiger partial charge in [-0.25, -0.2) is 4.98 Å². The third-order valence-electron chi connectivity index (χ3n) is 2.91. The minimum absolute atomic E-state index is 0.0479. The highest BCUT2D eigenvalue weighted by Crippen LogP contribution is 2.21. The standard InChI is InChI=1S/C14H16F3N3O/c1-10(20-8-13-18-6-7-19-13)11-2-4-12(5-3-11)21-9-14(15,16)17/h2-7,10,20H,8-9H2,1H3,(H,18,19). The highest BCUT2D eigenvalue weighted by atomic mass is 19.4. The Morgan fingerprint density at radius 2 is 2.00 bits per heavy atom. The van der Waals surface area contributed by atoms with Crippen LogP contribution in [-0.2, 0) is 6.54 Å². The topological polar surface area (TPSA) is 49.9 Å². The number of nitrogens with one attached hydrogen (secondary N) is 2. The van der Waals surface area contributed by atoms with Gasteiger partial charge in [-0.1, -0.05) is 12.1 Å². The Morgan fingerprint density at radius 3 is 2.57 bits per heavy atom. The molecule has 114 valence electrons. The molecule has 0 fully saturated rings. The maximum absolute atomic E-state index is 12.0. The van der Waals surface area contributed by atoms with Crippen molar-refractivity contribution in [2.24, 2.45) is 0 Å². The summed E-state index contributed by atoms with van der Waals surface area (Å²) in [6, 6.07) is 6.60. The second kappa shape index (κ2) is 6.62. The summed E-state index contributed by atoms with van der Waals surface area (Å²) in [6.07, 6.45) is -0.903. The fraction of sp³-hybridized carbons (Fsp3) is 0.357. The number of ether oxygens (including phenoxy) is 1. The zero-order valence-electron chi connectivity index (χ0n) is 11.4. The molecular formula is C14H16F3N3O. The van der Waals surface area contributed by atoms with E-state index >= 15 is 0 Å². The zero-order valence-corrected chi connectivity index (χ0v) is 11.4. The Hall–Kier alpha value is -2.02. The van der Waals surface area contributed by atoms with E-state index in [0.29, 0.717) is 6.54 Å². The van der Waals surface area contributed by atoms with Gasteiger partial charge in [-0.2, -0.15) is 13.2 Å². The van der Waals surface area contributed by atoms with Crippen LogP contribution in [0.4, 0.5) is 13.2 Å². The number of nitrogens with zero attached hydrogens (tertiary/aromatic N) is 1. The normalized spacial score (nSPS) is 13.1. The molecule has 1 heterocycles. The smallest absolute Gasteiger partial charge is 0.422 e. The first-order valence-electron chi connectivity index (χ1n) is 6.45. The van der Waals surface area contributed by atoms with Gasteiger partial charge >= 0.3 is 6.18 Å². The molecule has 21 heavy (non-hydrogen) atoms. The van der Waals surface area contributed by atoms with Crippen LogP contribution in [0, 0.1) is 0 Å². The lowest BCUT2D eigenvalue weighted by atomic mass is 10.1. The monoisotopic (exact) mass is 299 g/mol. The second-order valence-electron chi connectivity index (χ2n) is 4.61. The maximum Gasteiger partial charge on any atom is 0.422 e. The first-order valence-corrected chi connectivity index (χ1v) is 6.45. The van der Waals surface area contributed by atoms with E-state index in [1.165, 1.54) is 12.1 Å². The number of halogens is 3. The molecule has 1 unspecified atom stereocenters. The van der Waals surface area contributed by atoms with Gasteiger partial charge in [-0.3, -0.25) is 0 Å². The van der Waals surface area contributed by atoms with Crippen LogP contribution in [0.15, 0.2) is 36.7 Å². The summed E-state index contributed by atoms with van der Waals surface area (Å²) in [5.41, 5.74) is 0.959. The fourth-order valence-corrected chi connectivity index (χ4v) is 1.78. The molecule has 4 nitrogen and oxygen atoms in total. The van der Waals surface area contributed by atoms with E-state index < -0.39 is 12.8 Å². The van der Waals surface area contributed by atoms with Gasteiger partial charge in [0.15, 0.2) is 6.61 Å². The van der Waals surface area contributed by atoms with Crippen molar-refractivity contribution in [2.45, 2.75) is 25.7 Å². The van der Waals surface area contributed by atoms with Crippen molar-refractivity contribution in [3.05, 3.63) is 48.0 Å². The average Bonchev–Trinajstić information content (AvgIpc) is 2.95. The van der Waals surface area contributed by atoms with Crippen molar-refractivity contribution >= 4 is 0 Å². The lowest BCUT2D eigenvalue weighted by Crippen LogP contribution is -2.20. The van der Waals surface area contributed by atoms with Gasteiger partial charge in [-0.15, -0.1) is 0 Å². The molecule has 0 spiro atoms. The lowest BCUT2D eigenvalue weighted by molar-refractivity contribution is -0.153. The molecule has 0 aliphatic carbocycles. The van der Waals surface area contributed by atoms with Gasteiger partial charge in [0.1, 0.15) is 11.6 Å². The Kier molecular flexibility index (Phi) is 4.85. The Morgan fingerprint density at radius 1 is 1.29 bits per heavy atom. The van der Waals surface area contributed by atoms with E-state index in [-0.39, 0.29) is 11.8 Å². The largest absolute Gasteiger partial charge is 0.484 e. The van der Waals surface area contributed by atoms with Gasteiger partial charge < -0.3 is 15.0 Å². The van der Waals surface area contributed by atoms with Crippen LogP contribution in [0.2, 0.25) is 0 Å². The molecule has 0 saturated heterocycles. The number of hydrogen-bond acceptors (Lipinski definition) is 3. The average molecular weight is 299 g/mol. The first kappa shape index (κ1) is 15.4. The summed E-state index contributed by atoms with van der Waals surface area (Å²) >= 11 is 0. The predicted octanol–water partition coefficient (Wildman–Crippen LogP) is 3.20. The number of alkyl halides is 3. The van der Waals surface area contributed by atoms with Crippen LogP contribution < -0.4 is 10.1 Å². The van der Waals surface area contributed by atoms with E-state index in [9.17, 15) is 13.2 Å². The van der Waals surface area contributed by atoms with Crippen molar-refractivity contribution in [2.75, 3.05) is 6.61 Å². The van der Waals surface area contributed by atoms with Crippen LogP contribution in [0.5, 0.6) is 5.75 Å². The highest BCUT2D eigenvalue weighted by molar-refractivity contribution is 5.29. The zero-order chi connectivity index (χ0) is 15.3. The molecule has 2 N–H and O–H groups in total. The number of imidazole rings is 1. The van der Waals surface area contributed by atoms with Crippen molar-refractivity contribution in [1.29, 1.82) is 0 Å². The van der Waals surface area contributed by atoms with Crippen molar-refractivity contribution in [3.63, 3.8) is 0 Å². The molecule has 1 atom stereocenters. The molecule has 2 rings (SSSR count). The fourth-order valence-electron chi connectivity index (χ4n) is 1.78. The third-order valence-corrected chi connectivity index (χ3v) is 2.91. The van der Waals surface area contributed by atoms with Crippen molar-refractivity contribution < 1.29 is 17.9 Å². The van der Waals surface area contributed by atoms with Crippen LogP contribution in [0.25, 0.3) is 0 Å². The summed E-state index contributed by atoms with van der Waals surface area (Å²) in [7, 11) is 0. The molecule has 7 heteroatoms. The summed E-state index contributed by atoms with van der Waals surface area (Å²) in [5, 5.41) is 3.26. The minimum Gasteiger partial charge on any atom is -0.484 e. The van der Waals surface area contributed by atoms with Gasteiger partial charge in [0, 0.05) is 18.4 Å². The SMILES string of the molecule is CC(NCc1ncc[nH]1)c1ccc(OCC(F)(F)F)cc1. The molecule has 1 aromatic heterocycles. The minimum atomic E-state index is -4.32. The van der Waals surface area contributed by atoms with E-state index in [1.54, 1.807) is 24.5 Å². The molecule has 0 bridgehead atoms. The number of aromatic nitrogens is 2. The molecule has 0 aliphatic rings. The van der Waals surface area contributed by atoms with Gasteiger partial charge in [0.25, 0.3) is 0 Å². The quantitative estimate of drug-likeness (QED) is 0.861. The Balaban J connectivity index is 1.86. The van der Waals surface area contributed by atoms with Crippen molar-refractivity contribution in [1.82, 2.24) is 15.3 Å². The molecule has 0 radical (unpaired) electrons. The Bertz CT molecular complexity index is 538. The summed E-state index contributed by atoms with van der Waals surface area (Å²) in [5.74, 6) is 1.03. The maximum atomic E-state index is 12.0. The number of rotatable bonds is 6. The predicted molar refractivity (Wildman–Crippen MR) is 71.8 cm³/mol. The van der Waals surface area contributed by atoms with E-state index in [2.05, 4.69) is 20.0 Å². The number of H-pyrrole nitrogens is 1. The van der Waals surface area contributed by atoms with Crippen LogP contribution in [0.3, 0.4) is 0 Å². The molecular weight excluding hydrogens is 283 g/mol. The first-order chi connectivity index (χ1) is 9.94. The van der Waals surface area contributed by atoms with E-state index in [1.807, 2.05) is 6.92 Å². The molecule has 1 aromatic carbocycles. The van der Waals surface area contributed by atoms with Crippen LogP contribution in [0.1, 0.15) is 24.4 Å². The molecule has 0 amide bonds. The molecule has 0 saturated carbocycles. The number of aromatic amines is 1. The summed E-state index contributed by atoms with van der Waals surface area (Å²) in [4.78, 5) is 7.08. The van der Waals surface area contributed by atoms with Gasteiger partial charge in [-0.05, 0) is 24.6 Å². The Labute approximate surface area is 120 Å². The van der Waals surface area contributed by atoms with E-state index in [0.717, 1.165) is 11.4 Å². The highest BCUT2D eigenvalue weighted by Gasteiger charge is 2.28. The second-order valence-corrected chi connectivity index (χ2v) is 4.61. The van der Waals surface area contributed by atoms with Crippen LogP contribution in [-0.4, -0.2) is 22.8 Å². The van der Waals surface area contributed by atoms with Gasteiger partial charge in [0.2, 0.25) is 0 Å². The third kappa shape index (κ3) is 5.11. The molecule has 2 aromatic rings. The summed E-state index contributed by atoms with van der Waals surface area (Å²) < 4.78 is 40.8. The lowest BCUT2D eigenvalue weighted by Gasteiger charge is -2.14. The van der Waals surface area contributed by atoms with E-state index in [4.69, 9.17) is 0 Å². The number of hydrogen-bond donors (Lipinski definition) is 2.